The molecule has 110 valence electrons. The van der Waals surface area contributed by atoms with Crippen LogP contribution in [-0.2, 0) is 9.53 Å². The molecule has 0 aliphatic rings. The zero-order valence-corrected chi connectivity index (χ0v) is 12.1. The maximum absolute atomic E-state index is 12.0. The number of hydrogen-bond acceptors (Lipinski definition) is 5. The van der Waals surface area contributed by atoms with Crippen LogP contribution in [0.15, 0.2) is 18.2 Å². The number of benzene rings is 1. The van der Waals surface area contributed by atoms with Gasteiger partial charge in [0.05, 0.1) is 25.5 Å². The van der Waals surface area contributed by atoms with Crippen LogP contribution in [0, 0.1) is 5.92 Å². The fourth-order valence-corrected chi connectivity index (χ4v) is 1.69. The second kappa shape index (κ2) is 7.49. The third-order valence-corrected chi connectivity index (χ3v) is 2.85. The minimum Gasteiger partial charge on any atom is -0.497 e. The average Bonchev–Trinajstić information content (AvgIpc) is 2.46. The van der Waals surface area contributed by atoms with E-state index in [1.165, 1.54) is 20.3 Å². The largest absolute Gasteiger partial charge is 0.497 e. The van der Waals surface area contributed by atoms with Gasteiger partial charge in [-0.05, 0) is 25.2 Å². The molecule has 1 aromatic carbocycles. The normalized spacial score (nSPS) is 11.6. The molecule has 1 atom stereocenters. The number of anilines is 1. The standard InChI is InChI=1S/C14H20N2O4/c1-9(8-15-2)13(17)16-12-6-5-10(19-3)7-11(12)14(18)20-4/h5-7,9,15H,8H2,1-4H3,(H,16,17). The minimum atomic E-state index is -0.527. The topological polar surface area (TPSA) is 76.7 Å². The Balaban J connectivity index is 2.99. The molecule has 0 bridgehead atoms. The number of carbonyl (C=O) groups is 2. The van der Waals surface area contributed by atoms with Gasteiger partial charge in [0, 0.05) is 12.5 Å². The van der Waals surface area contributed by atoms with Crippen molar-refractivity contribution in [2.24, 2.45) is 5.92 Å². The zero-order chi connectivity index (χ0) is 15.1. The molecule has 6 heteroatoms. The van der Waals surface area contributed by atoms with Gasteiger partial charge in [0.1, 0.15) is 5.75 Å². The highest BCUT2D eigenvalue weighted by Crippen LogP contribution is 2.23. The zero-order valence-electron chi connectivity index (χ0n) is 12.1. The molecule has 1 aromatic rings. The smallest absolute Gasteiger partial charge is 0.340 e. The molecular weight excluding hydrogens is 260 g/mol. The van der Waals surface area contributed by atoms with Crippen molar-refractivity contribution in [3.8, 4) is 5.75 Å². The number of rotatable bonds is 6. The Hall–Kier alpha value is -2.08. The van der Waals surface area contributed by atoms with Gasteiger partial charge in [-0.15, -0.1) is 0 Å². The van der Waals surface area contributed by atoms with Gasteiger partial charge in [-0.2, -0.15) is 0 Å². The maximum atomic E-state index is 12.0. The SMILES string of the molecule is CNCC(C)C(=O)Nc1ccc(OC)cc1C(=O)OC. The molecule has 0 radical (unpaired) electrons. The maximum Gasteiger partial charge on any atom is 0.340 e. The van der Waals surface area contributed by atoms with Crippen LogP contribution in [0.3, 0.4) is 0 Å². The molecular formula is C14H20N2O4. The summed E-state index contributed by atoms with van der Waals surface area (Å²) in [7, 11) is 4.57. The second-order valence-corrected chi connectivity index (χ2v) is 4.35. The van der Waals surface area contributed by atoms with E-state index in [4.69, 9.17) is 9.47 Å². The monoisotopic (exact) mass is 280 g/mol. The van der Waals surface area contributed by atoms with E-state index in [0.29, 0.717) is 18.0 Å². The highest BCUT2D eigenvalue weighted by molar-refractivity contribution is 6.02. The number of nitrogens with one attached hydrogen (secondary N) is 2. The lowest BCUT2D eigenvalue weighted by atomic mass is 10.1. The third kappa shape index (κ3) is 3.96. The molecule has 0 aliphatic heterocycles. The summed E-state index contributed by atoms with van der Waals surface area (Å²) in [4.78, 5) is 23.7. The summed E-state index contributed by atoms with van der Waals surface area (Å²) < 4.78 is 9.77. The molecule has 20 heavy (non-hydrogen) atoms. The Morgan fingerprint density at radius 3 is 2.55 bits per heavy atom. The van der Waals surface area contributed by atoms with Crippen molar-refractivity contribution in [1.29, 1.82) is 0 Å². The lowest BCUT2D eigenvalue weighted by molar-refractivity contribution is -0.119. The average molecular weight is 280 g/mol. The van der Waals surface area contributed by atoms with E-state index in [-0.39, 0.29) is 17.4 Å². The summed E-state index contributed by atoms with van der Waals surface area (Å²) in [6, 6.07) is 4.82. The van der Waals surface area contributed by atoms with E-state index in [9.17, 15) is 9.59 Å². The van der Waals surface area contributed by atoms with Crippen LogP contribution in [0.4, 0.5) is 5.69 Å². The van der Waals surface area contributed by atoms with Crippen molar-refractivity contribution >= 4 is 17.6 Å². The van der Waals surface area contributed by atoms with E-state index < -0.39 is 5.97 Å². The summed E-state index contributed by atoms with van der Waals surface area (Å²) in [6.45, 7) is 2.35. The van der Waals surface area contributed by atoms with Gasteiger partial charge < -0.3 is 20.1 Å². The highest BCUT2D eigenvalue weighted by atomic mass is 16.5. The molecule has 0 saturated carbocycles. The predicted molar refractivity (Wildman–Crippen MR) is 76.1 cm³/mol. The van der Waals surface area contributed by atoms with Crippen molar-refractivity contribution in [3.05, 3.63) is 23.8 Å². The molecule has 0 saturated heterocycles. The Labute approximate surface area is 118 Å². The van der Waals surface area contributed by atoms with Crippen molar-refractivity contribution < 1.29 is 19.1 Å². The van der Waals surface area contributed by atoms with E-state index in [1.54, 1.807) is 26.1 Å². The fourth-order valence-electron chi connectivity index (χ4n) is 1.69. The summed E-state index contributed by atoms with van der Waals surface area (Å²) in [5.41, 5.74) is 0.669. The minimum absolute atomic E-state index is 0.172. The third-order valence-electron chi connectivity index (χ3n) is 2.85. The molecule has 0 heterocycles. The molecule has 1 amide bonds. The molecule has 1 rings (SSSR count). The molecule has 0 spiro atoms. The Kier molecular flexibility index (Phi) is 5.99. The summed E-state index contributed by atoms with van der Waals surface area (Å²) in [5.74, 6) is -0.394. The van der Waals surface area contributed by atoms with E-state index in [0.717, 1.165) is 0 Å². The summed E-state index contributed by atoms with van der Waals surface area (Å²) in [5, 5.41) is 5.65. The number of esters is 1. The second-order valence-electron chi connectivity index (χ2n) is 4.35. The van der Waals surface area contributed by atoms with Crippen LogP contribution < -0.4 is 15.4 Å². The molecule has 6 nitrogen and oxygen atoms in total. The number of amides is 1. The molecule has 1 unspecified atom stereocenters. The van der Waals surface area contributed by atoms with Gasteiger partial charge >= 0.3 is 5.97 Å². The Bertz CT molecular complexity index is 488. The van der Waals surface area contributed by atoms with E-state index in [1.807, 2.05) is 0 Å². The van der Waals surface area contributed by atoms with Crippen molar-refractivity contribution in [1.82, 2.24) is 5.32 Å². The van der Waals surface area contributed by atoms with Crippen LogP contribution in [0.5, 0.6) is 5.75 Å². The van der Waals surface area contributed by atoms with Gasteiger partial charge in [-0.3, -0.25) is 4.79 Å². The fraction of sp³-hybridized carbons (Fsp3) is 0.429. The lowest BCUT2D eigenvalue weighted by Gasteiger charge is -2.14. The van der Waals surface area contributed by atoms with Gasteiger partial charge in [0.25, 0.3) is 0 Å². The van der Waals surface area contributed by atoms with Crippen molar-refractivity contribution in [3.63, 3.8) is 0 Å². The van der Waals surface area contributed by atoms with Gasteiger partial charge in [-0.25, -0.2) is 4.79 Å². The van der Waals surface area contributed by atoms with E-state index in [2.05, 4.69) is 10.6 Å². The molecule has 0 fully saturated rings. The van der Waals surface area contributed by atoms with Crippen LogP contribution in [0.1, 0.15) is 17.3 Å². The van der Waals surface area contributed by atoms with E-state index >= 15 is 0 Å². The molecule has 0 aliphatic carbocycles. The first-order valence-electron chi connectivity index (χ1n) is 6.25. The van der Waals surface area contributed by atoms with Crippen LogP contribution in [0.2, 0.25) is 0 Å². The predicted octanol–water partition coefficient (Wildman–Crippen LogP) is 1.28. The van der Waals surface area contributed by atoms with Crippen molar-refractivity contribution in [2.75, 3.05) is 33.1 Å². The number of hydrogen-bond donors (Lipinski definition) is 2. The highest BCUT2D eigenvalue weighted by Gasteiger charge is 2.18. The quantitative estimate of drug-likeness (QED) is 0.768. The first-order chi connectivity index (χ1) is 9.53. The molecule has 0 aromatic heterocycles. The van der Waals surface area contributed by atoms with Crippen molar-refractivity contribution in [2.45, 2.75) is 6.92 Å². The Morgan fingerprint density at radius 1 is 1.30 bits per heavy atom. The number of methoxy groups -OCH3 is 2. The lowest BCUT2D eigenvalue weighted by Crippen LogP contribution is -2.29. The van der Waals surface area contributed by atoms with Gasteiger partial charge in [0.2, 0.25) is 5.91 Å². The summed E-state index contributed by atoms with van der Waals surface area (Å²) >= 11 is 0. The Morgan fingerprint density at radius 2 is 2.00 bits per heavy atom. The number of carbonyl (C=O) groups excluding carboxylic acids is 2. The number of ether oxygens (including phenoxy) is 2. The van der Waals surface area contributed by atoms with Crippen LogP contribution in [-0.4, -0.2) is 39.7 Å². The molecule has 2 N–H and O–H groups in total. The first-order valence-corrected chi connectivity index (χ1v) is 6.25. The first kappa shape index (κ1) is 16.0. The summed E-state index contributed by atoms with van der Waals surface area (Å²) in [6.07, 6.45) is 0. The van der Waals surface area contributed by atoms with Crippen LogP contribution >= 0.6 is 0 Å². The van der Waals surface area contributed by atoms with Gasteiger partial charge in [0.15, 0.2) is 0 Å². The van der Waals surface area contributed by atoms with Crippen LogP contribution in [0.25, 0.3) is 0 Å². The van der Waals surface area contributed by atoms with Gasteiger partial charge in [-0.1, -0.05) is 6.92 Å².